The summed E-state index contributed by atoms with van der Waals surface area (Å²) in [5.74, 6) is -0.589. The fourth-order valence-electron chi connectivity index (χ4n) is 2.06. The number of ether oxygens (including phenoxy) is 2. The lowest BCUT2D eigenvalue weighted by Crippen LogP contribution is -2.26. The van der Waals surface area contributed by atoms with Gasteiger partial charge in [0.1, 0.15) is 35.4 Å². The summed E-state index contributed by atoms with van der Waals surface area (Å²) in [4.78, 5) is 11.7. The maximum Gasteiger partial charge on any atom is 0.225 e. The van der Waals surface area contributed by atoms with Gasteiger partial charge in [0.05, 0.1) is 7.11 Å². The number of benzene rings is 2. The Bertz CT molecular complexity index is 673. The number of hydrogen-bond donors (Lipinski definition) is 2. The number of halogens is 2. The summed E-state index contributed by atoms with van der Waals surface area (Å²) < 4.78 is 37.4. The minimum atomic E-state index is -0.797. The van der Waals surface area contributed by atoms with E-state index in [4.69, 9.17) is 9.47 Å². The summed E-state index contributed by atoms with van der Waals surface area (Å²) in [6.45, 7) is 1.33. The van der Waals surface area contributed by atoms with Crippen LogP contribution in [0.25, 0.3) is 0 Å². The lowest BCUT2D eigenvalue weighted by molar-refractivity contribution is -0.116. The van der Waals surface area contributed by atoms with Crippen molar-refractivity contribution in [1.29, 1.82) is 0 Å². The van der Waals surface area contributed by atoms with Crippen molar-refractivity contribution in [3.05, 3.63) is 54.1 Å². The molecule has 0 saturated carbocycles. The van der Waals surface area contributed by atoms with Gasteiger partial charge in [0.15, 0.2) is 0 Å². The molecule has 0 bridgehead atoms. The third-order valence-corrected chi connectivity index (χ3v) is 3.36. The van der Waals surface area contributed by atoms with Gasteiger partial charge in [-0.15, -0.1) is 0 Å². The van der Waals surface area contributed by atoms with E-state index in [1.54, 1.807) is 31.4 Å². The molecule has 0 fully saturated rings. The largest absolute Gasteiger partial charge is 0.497 e. The predicted molar refractivity (Wildman–Crippen MR) is 91.0 cm³/mol. The van der Waals surface area contributed by atoms with Crippen LogP contribution in [-0.4, -0.2) is 32.7 Å². The van der Waals surface area contributed by atoms with E-state index >= 15 is 0 Å². The summed E-state index contributed by atoms with van der Waals surface area (Å²) in [6.07, 6.45) is 0.0936. The van der Waals surface area contributed by atoms with E-state index in [9.17, 15) is 13.6 Å². The molecule has 0 spiro atoms. The number of para-hydroxylation sites is 1. The molecule has 1 amide bonds. The van der Waals surface area contributed by atoms with E-state index in [1.807, 2.05) is 0 Å². The number of carbonyl (C=O) groups is 1. The van der Waals surface area contributed by atoms with Crippen LogP contribution < -0.4 is 20.1 Å². The van der Waals surface area contributed by atoms with Gasteiger partial charge in [-0.25, -0.2) is 8.78 Å². The third-order valence-electron chi connectivity index (χ3n) is 3.36. The quantitative estimate of drug-likeness (QED) is 0.683. The molecule has 0 aliphatic carbocycles. The lowest BCUT2D eigenvalue weighted by atomic mass is 10.2. The summed E-state index contributed by atoms with van der Waals surface area (Å²) in [5.41, 5.74) is -0.421. The van der Waals surface area contributed by atoms with Gasteiger partial charge in [-0.05, 0) is 36.4 Å². The summed E-state index contributed by atoms with van der Waals surface area (Å²) in [7, 11) is 1.59. The number of anilines is 1. The number of hydrogen-bond acceptors (Lipinski definition) is 4. The molecule has 0 saturated heterocycles. The molecular weight excluding hydrogens is 330 g/mol. The van der Waals surface area contributed by atoms with Crippen LogP contribution >= 0.6 is 0 Å². The molecule has 7 heteroatoms. The van der Waals surface area contributed by atoms with Gasteiger partial charge in [0, 0.05) is 19.5 Å². The maximum absolute atomic E-state index is 13.4. The highest BCUT2D eigenvalue weighted by molar-refractivity contribution is 5.91. The summed E-state index contributed by atoms with van der Waals surface area (Å²) >= 11 is 0. The van der Waals surface area contributed by atoms with Crippen molar-refractivity contribution < 1.29 is 23.0 Å². The molecule has 0 atom stereocenters. The predicted octanol–water partition coefficient (Wildman–Crippen LogP) is 2.97. The first-order valence-electron chi connectivity index (χ1n) is 7.81. The average molecular weight is 350 g/mol. The monoisotopic (exact) mass is 350 g/mol. The third kappa shape index (κ3) is 6.04. The van der Waals surface area contributed by atoms with Crippen molar-refractivity contribution in [2.45, 2.75) is 6.42 Å². The van der Waals surface area contributed by atoms with Gasteiger partial charge in [-0.1, -0.05) is 6.07 Å². The zero-order valence-electron chi connectivity index (χ0n) is 13.9. The van der Waals surface area contributed by atoms with Crippen LogP contribution in [0.4, 0.5) is 14.5 Å². The minimum Gasteiger partial charge on any atom is -0.497 e. The number of amides is 1. The maximum atomic E-state index is 13.4. The second kappa shape index (κ2) is 9.58. The molecule has 0 radical (unpaired) electrons. The molecule has 0 heterocycles. The highest BCUT2D eigenvalue weighted by Crippen LogP contribution is 2.18. The molecule has 2 aromatic carbocycles. The Kier molecular flexibility index (Phi) is 7.16. The van der Waals surface area contributed by atoms with Crippen LogP contribution in [0.5, 0.6) is 11.5 Å². The summed E-state index contributed by atoms with van der Waals surface area (Å²) in [5, 5.41) is 5.26. The number of nitrogens with one attached hydrogen (secondary N) is 2. The van der Waals surface area contributed by atoms with Gasteiger partial charge in [0.2, 0.25) is 5.91 Å². The Labute approximate surface area is 144 Å². The van der Waals surface area contributed by atoms with Crippen molar-refractivity contribution in [2.24, 2.45) is 0 Å². The molecule has 2 aromatic rings. The standard InChI is InChI=1S/C18H20F2N2O3/c1-24-13-5-7-14(8-6-13)25-12-11-21-10-9-17(23)22-18-15(19)3-2-4-16(18)20/h2-8,21H,9-12H2,1H3,(H,22,23). The van der Waals surface area contributed by atoms with E-state index in [0.717, 1.165) is 23.6 Å². The normalized spacial score (nSPS) is 10.4. The van der Waals surface area contributed by atoms with Crippen molar-refractivity contribution in [1.82, 2.24) is 5.32 Å². The fraction of sp³-hybridized carbons (Fsp3) is 0.278. The Morgan fingerprint density at radius 1 is 1.00 bits per heavy atom. The average Bonchev–Trinajstić information content (AvgIpc) is 2.62. The molecule has 0 unspecified atom stereocenters. The van der Waals surface area contributed by atoms with Crippen molar-refractivity contribution >= 4 is 11.6 Å². The van der Waals surface area contributed by atoms with E-state index in [1.165, 1.54) is 6.07 Å². The van der Waals surface area contributed by atoms with Crippen molar-refractivity contribution in [3.63, 3.8) is 0 Å². The number of rotatable bonds is 9. The second-order valence-electron chi connectivity index (χ2n) is 5.17. The topological polar surface area (TPSA) is 59.6 Å². The van der Waals surface area contributed by atoms with Crippen LogP contribution in [-0.2, 0) is 4.79 Å². The zero-order chi connectivity index (χ0) is 18.1. The van der Waals surface area contributed by atoms with Crippen LogP contribution in [0.1, 0.15) is 6.42 Å². The van der Waals surface area contributed by atoms with Crippen molar-refractivity contribution in [3.8, 4) is 11.5 Å². The fourth-order valence-corrected chi connectivity index (χ4v) is 2.06. The highest BCUT2D eigenvalue weighted by Gasteiger charge is 2.11. The summed E-state index contributed by atoms with van der Waals surface area (Å²) in [6, 6.07) is 10.6. The van der Waals surface area contributed by atoms with Crippen LogP contribution in [0.2, 0.25) is 0 Å². The van der Waals surface area contributed by atoms with Crippen LogP contribution in [0.15, 0.2) is 42.5 Å². The van der Waals surface area contributed by atoms with Gasteiger partial charge >= 0.3 is 0 Å². The van der Waals surface area contributed by atoms with Crippen LogP contribution in [0, 0.1) is 11.6 Å². The minimum absolute atomic E-state index is 0.0936. The first kappa shape index (κ1) is 18.7. The molecule has 5 nitrogen and oxygen atoms in total. The Balaban J connectivity index is 1.61. The molecule has 2 rings (SSSR count). The van der Waals surface area contributed by atoms with E-state index in [2.05, 4.69) is 10.6 Å². The highest BCUT2D eigenvalue weighted by atomic mass is 19.1. The van der Waals surface area contributed by atoms with Gasteiger partial charge in [-0.3, -0.25) is 4.79 Å². The van der Waals surface area contributed by atoms with Gasteiger partial charge < -0.3 is 20.1 Å². The Morgan fingerprint density at radius 3 is 2.28 bits per heavy atom. The smallest absolute Gasteiger partial charge is 0.225 e. The first-order valence-corrected chi connectivity index (χ1v) is 7.81. The zero-order valence-corrected chi connectivity index (χ0v) is 13.9. The molecule has 0 aliphatic rings. The number of methoxy groups -OCH3 is 1. The van der Waals surface area contributed by atoms with E-state index in [0.29, 0.717) is 19.7 Å². The molecule has 2 N–H and O–H groups in total. The second-order valence-corrected chi connectivity index (χ2v) is 5.17. The van der Waals surface area contributed by atoms with Crippen molar-refractivity contribution in [2.75, 3.05) is 32.1 Å². The lowest BCUT2D eigenvalue weighted by Gasteiger charge is -2.09. The Morgan fingerprint density at radius 2 is 1.64 bits per heavy atom. The molecule has 0 aliphatic heterocycles. The van der Waals surface area contributed by atoms with Gasteiger partial charge in [0.25, 0.3) is 0 Å². The van der Waals surface area contributed by atoms with E-state index < -0.39 is 23.2 Å². The molecule has 25 heavy (non-hydrogen) atoms. The molecule has 0 aromatic heterocycles. The first-order chi connectivity index (χ1) is 12.1. The molecule has 134 valence electrons. The SMILES string of the molecule is COc1ccc(OCCNCCC(=O)Nc2c(F)cccc2F)cc1. The number of carbonyl (C=O) groups excluding carboxylic acids is 1. The van der Waals surface area contributed by atoms with Gasteiger partial charge in [-0.2, -0.15) is 0 Å². The molecular formula is C18H20F2N2O3. The van der Waals surface area contributed by atoms with E-state index in [-0.39, 0.29) is 6.42 Å². The van der Waals surface area contributed by atoms with Crippen LogP contribution in [0.3, 0.4) is 0 Å². The Hall–Kier alpha value is -2.67.